The Morgan fingerprint density at radius 3 is 2.33 bits per heavy atom. The van der Waals surface area contributed by atoms with Crippen molar-refractivity contribution in [3.63, 3.8) is 0 Å². The highest BCUT2D eigenvalue weighted by Crippen LogP contribution is 2.21. The first-order valence-electron chi connectivity index (χ1n) is 6.96. The van der Waals surface area contributed by atoms with Crippen LogP contribution in [-0.2, 0) is 12.8 Å². The first-order valence-corrected chi connectivity index (χ1v) is 7.72. The number of methoxy groups -OCH3 is 1. The van der Waals surface area contributed by atoms with Crippen LogP contribution in [0.5, 0.6) is 5.75 Å². The van der Waals surface area contributed by atoms with E-state index in [9.17, 15) is 0 Å². The Hall–Kier alpha value is -1.22. The van der Waals surface area contributed by atoms with Crippen molar-refractivity contribution in [2.75, 3.05) is 20.2 Å². The molecule has 0 heterocycles. The summed E-state index contributed by atoms with van der Waals surface area (Å²) in [5.74, 6) is 0.893. The molecule has 0 unspecified atom stereocenters. The summed E-state index contributed by atoms with van der Waals surface area (Å²) in [6, 6.07) is 13.8. The molecular weight excluding hydrogens is 305 g/mol. The van der Waals surface area contributed by atoms with Crippen LogP contribution in [-0.4, -0.2) is 20.2 Å². The maximum Gasteiger partial charge on any atom is 0.118 e. The van der Waals surface area contributed by atoms with Gasteiger partial charge < -0.3 is 10.1 Å². The van der Waals surface area contributed by atoms with Crippen LogP contribution in [0, 0.1) is 0 Å². The first kappa shape index (κ1) is 16.2. The van der Waals surface area contributed by atoms with Crippen LogP contribution in [0.25, 0.3) is 0 Å². The van der Waals surface area contributed by atoms with Crippen LogP contribution >= 0.6 is 23.2 Å². The van der Waals surface area contributed by atoms with E-state index >= 15 is 0 Å². The second kappa shape index (κ2) is 8.28. The molecule has 0 bridgehead atoms. The molecule has 0 fully saturated rings. The van der Waals surface area contributed by atoms with E-state index in [2.05, 4.69) is 17.4 Å². The van der Waals surface area contributed by atoms with Crippen molar-refractivity contribution in [2.45, 2.75) is 12.8 Å². The highest BCUT2D eigenvalue weighted by Gasteiger charge is 2.01. The summed E-state index contributed by atoms with van der Waals surface area (Å²) in [5, 5.41) is 4.84. The predicted molar refractivity (Wildman–Crippen MR) is 89.7 cm³/mol. The minimum absolute atomic E-state index is 0.677. The monoisotopic (exact) mass is 323 g/mol. The standard InChI is InChI=1S/C17H19Cl2NO/c1-21-16-6-2-13(3-7-16)8-10-20-11-9-14-4-5-15(18)12-17(14)19/h2-7,12,20H,8-11H2,1H3. The fourth-order valence-electron chi connectivity index (χ4n) is 2.10. The van der Waals surface area contributed by atoms with Crippen molar-refractivity contribution in [3.05, 3.63) is 63.6 Å². The topological polar surface area (TPSA) is 21.3 Å². The van der Waals surface area contributed by atoms with E-state index in [-0.39, 0.29) is 0 Å². The smallest absolute Gasteiger partial charge is 0.118 e. The molecule has 0 aliphatic carbocycles. The van der Waals surface area contributed by atoms with Crippen molar-refractivity contribution in [1.29, 1.82) is 0 Å². The van der Waals surface area contributed by atoms with Crippen molar-refractivity contribution < 1.29 is 4.74 Å². The van der Waals surface area contributed by atoms with Crippen LogP contribution in [0.4, 0.5) is 0 Å². The SMILES string of the molecule is COc1ccc(CCNCCc2ccc(Cl)cc2Cl)cc1. The Bertz CT molecular complexity index is 570. The minimum atomic E-state index is 0.677. The van der Waals surface area contributed by atoms with Gasteiger partial charge in [0.1, 0.15) is 5.75 Å². The van der Waals surface area contributed by atoms with E-state index in [0.717, 1.165) is 42.3 Å². The molecule has 0 amide bonds. The summed E-state index contributed by atoms with van der Waals surface area (Å²) in [4.78, 5) is 0. The lowest BCUT2D eigenvalue weighted by atomic mass is 10.1. The largest absolute Gasteiger partial charge is 0.497 e. The van der Waals surface area contributed by atoms with E-state index in [1.54, 1.807) is 13.2 Å². The molecule has 0 atom stereocenters. The molecule has 4 heteroatoms. The summed E-state index contributed by atoms with van der Waals surface area (Å²) in [5.41, 5.74) is 2.42. The molecule has 2 aromatic rings. The second-order valence-electron chi connectivity index (χ2n) is 4.83. The molecule has 0 aliphatic rings. The molecule has 112 valence electrons. The zero-order valence-electron chi connectivity index (χ0n) is 12.0. The summed E-state index contributed by atoms with van der Waals surface area (Å²) < 4.78 is 5.14. The molecular formula is C17H19Cl2NO. The fraction of sp³-hybridized carbons (Fsp3) is 0.294. The third kappa shape index (κ3) is 5.24. The summed E-state index contributed by atoms with van der Waals surface area (Å²) >= 11 is 12.0. The van der Waals surface area contributed by atoms with Gasteiger partial charge in [-0.15, -0.1) is 0 Å². The molecule has 0 radical (unpaired) electrons. The zero-order valence-corrected chi connectivity index (χ0v) is 13.5. The lowest BCUT2D eigenvalue weighted by Crippen LogP contribution is -2.20. The number of hydrogen-bond acceptors (Lipinski definition) is 2. The van der Waals surface area contributed by atoms with Gasteiger partial charge in [-0.05, 0) is 61.3 Å². The van der Waals surface area contributed by atoms with E-state index in [4.69, 9.17) is 27.9 Å². The number of hydrogen-bond donors (Lipinski definition) is 1. The average Bonchev–Trinajstić information content (AvgIpc) is 2.49. The van der Waals surface area contributed by atoms with Gasteiger partial charge in [-0.3, -0.25) is 0 Å². The minimum Gasteiger partial charge on any atom is -0.497 e. The van der Waals surface area contributed by atoms with Gasteiger partial charge in [0.2, 0.25) is 0 Å². The molecule has 0 aliphatic heterocycles. The highest BCUT2D eigenvalue weighted by molar-refractivity contribution is 6.35. The molecule has 0 saturated heterocycles. The maximum atomic E-state index is 6.14. The zero-order chi connectivity index (χ0) is 15.1. The third-order valence-electron chi connectivity index (χ3n) is 3.34. The second-order valence-corrected chi connectivity index (χ2v) is 5.68. The normalized spacial score (nSPS) is 10.6. The number of benzene rings is 2. The first-order chi connectivity index (χ1) is 10.2. The quantitative estimate of drug-likeness (QED) is 0.763. The number of halogens is 2. The van der Waals surface area contributed by atoms with E-state index in [0.29, 0.717) is 5.02 Å². The Kier molecular flexibility index (Phi) is 6.37. The lowest BCUT2D eigenvalue weighted by Gasteiger charge is -2.07. The number of rotatable bonds is 7. The van der Waals surface area contributed by atoms with Crippen LogP contribution in [0.1, 0.15) is 11.1 Å². The van der Waals surface area contributed by atoms with Crippen molar-refractivity contribution in [1.82, 2.24) is 5.32 Å². The van der Waals surface area contributed by atoms with Gasteiger partial charge in [-0.1, -0.05) is 41.4 Å². The molecule has 2 aromatic carbocycles. The van der Waals surface area contributed by atoms with Gasteiger partial charge in [0.15, 0.2) is 0 Å². The predicted octanol–water partition coefficient (Wildman–Crippen LogP) is 4.38. The van der Waals surface area contributed by atoms with Gasteiger partial charge in [-0.2, -0.15) is 0 Å². The molecule has 1 N–H and O–H groups in total. The van der Waals surface area contributed by atoms with Crippen LogP contribution in [0.2, 0.25) is 10.0 Å². The fourth-order valence-corrected chi connectivity index (χ4v) is 2.60. The Morgan fingerprint density at radius 1 is 0.952 bits per heavy atom. The van der Waals surface area contributed by atoms with E-state index < -0.39 is 0 Å². The highest BCUT2D eigenvalue weighted by atomic mass is 35.5. The summed E-state index contributed by atoms with van der Waals surface area (Å²) in [6.07, 6.45) is 1.90. The van der Waals surface area contributed by atoms with Crippen LogP contribution < -0.4 is 10.1 Å². The van der Waals surface area contributed by atoms with Gasteiger partial charge in [-0.25, -0.2) is 0 Å². The van der Waals surface area contributed by atoms with E-state index in [1.807, 2.05) is 24.3 Å². The van der Waals surface area contributed by atoms with Crippen molar-refractivity contribution in [2.24, 2.45) is 0 Å². The van der Waals surface area contributed by atoms with Crippen molar-refractivity contribution >= 4 is 23.2 Å². The van der Waals surface area contributed by atoms with Crippen LogP contribution in [0.3, 0.4) is 0 Å². The summed E-state index contributed by atoms with van der Waals surface area (Å²) in [6.45, 7) is 1.84. The van der Waals surface area contributed by atoms with Gasteiger partial charge >= 0.3 is 0 Å². The van der Waals surface area contributed by atoms with Gasteiger partial charge in [0.05, 0.1) is 7.11 Å². The Morgan fingerprint density at radius 2 is 1.67 bits per heavy atom. The van der Waals surface area contributed by atoms with Crippen molar-refractivity contribution in [3.8, 4) is 5.75 Å². The van der Waals surface area contributed by atoms with Gasteiger partial charge in [0.25, 0.3) is 0 Å². The molecule has 0 saturated carbocycles. The molecule has 0 spiro atoms. The molecule has 0 aromatic heterocycles. The molecule has 2 nitrogen and oxygen atoms in total. The summed E-state index contributed by atoms with van der Waals surface area (Å²) in [7, 11) is 1.68. The molecule has 2 rings (SSSR count). The van der Waals surface area contributed by atoms with Crippen LogP contribution in [0.15, 0.2) is 42.5 Å². The van der Waals surface area contributed by atoms with Gasteiger partial charge in [0, 0.05) is 10.0 Å². The maximum absolute atomic E-state index is 6.14. The Labute approximate surface area is 136 Å². The average molecular weight is 324 g/mol. The molecule has 21 heavy (non-hydrogen) atoms. The van der Waals surface area contributed by atoms with E-state index in [1.165, 1.54) is 5.56 Å². The third-order valence-corrected chi connectivity index (χ3v) is 3.92. The number of nitrogens with one attached hydrogen (secondary N) is 1. The lowest BCUT2D eigenvalue weighted by molar-refractivity contribution is 0.414. The number of ether oxygens (including phenoxy) is 1. The Balaban J connectivity index is 1.69.